The molecule has 0 spiro atoms. The number of anilines is 2. The molecule has 0 fully saturated rings. The van der Waals surface area contributed by atoms with Gasteiger partial charge in [-0.15, -0.1) is 0 Å². The molecule has 0 atom stereocenters. The van der Waals surface area contributed by atoms with Gasteiger partial charge in [0.2, 0.25) is 0 Å². The summed E-state index contributed by atoms with van der Waals surface area (Å²) < 4.78 is 5.32. The van der Waals surface area contributed by atoms with Crippen molar-refractivity contribution in [1.82, 2.24) is 4.98 Å². The summed E-state index contributed by atoms with van der Waals surface area (Å²) in [4.78, 5) is 17.8. The van der Waals surface area contributed by atoms with E-state index in [1.54, 1.807) is 7.11 Å². The molecule has 1 aromatic carbocycles. The molecule has 0 saturated heterocycles. The number of para-hydroxylation sites is 2. The normalized spacial score (nSPS) is 10.2. The van der Waals surface area contributed by atoms with Crippen LogP contribution in [0, 0.1) is 6.92 Å². The van der Waals surface area contributed by atoms with Crippen LogP contribution in [0.1, 0.15) is 15.4 Å². The maximum absolute atomic E-state index is 10.9. The maximum Gasteiger partial charge on any atom is 0.190 e. The summed E-state index contributed by atoms with van der Waals surface area (Å²) in [7, 11) is 3.54. The fourth-order valence-electron chi connectivity index (χ4n) is 1.66. The third-order valence-corrected chi connectivity index (χ3v) is 3.82. The van der Waals surface area contributed by atoms with Crippen LogP contribution in [-0.4, -0.2) is 25.4 Å². The van der Waals surface area contributed by atoms with E-state index in [0.29, 0.717) is 4.88 Å². The summed E-state index contributed by atoms with van der Waals surface area (Å²) in [5.41, 5.74) is 1.68. The smallest absolute Gasteiger partial charge is 0.190 e. The lowest BCUT2D eigenvalue weighted by Crippen LogP contribution is -2.10. The second-order valence-corrected chi connectivity index (χ2v) is 4.80. The average Bonchev–Trinajstić information content (AvgIpc) is 2.79. The molecule has 4 nitrogen and oxygen atoms in total. The van der Waals surface area contributed by atoms with E-state index in [-0.39, 0.29) is 0 Å². The fourth-order valence-corrected chi connectivity index (χ4v) is 2.51. The zero-order valence-corrected chi connectivity index (χ0v) is 11.3. The van der Waals surface area contributed by atoms with Crippen LogP contribution in [0.5, 0.6) is 5.75 Å². The number of thiazole rings is 1. The number of nitrogens with zero attached hydrogens (tertiary/aromatic N) is 2. The molecule has 94 valence electrons. The van der Waals surface area contributed by atoms with Crippen molar-refractivity contribution in [3.63, 3.8) is 0 Å². The lowest BCUT2D eigenvalue weighted by Gasteiger charge is -2.18. The van der Waals surface area contributed by atoms with Crippen LogP contribution in [0.15, 0.2) is 24.3 Å². The highest BCUT2D eigenvalue weighted by molar-refractivity contribution is 7.17. The van der Waals surface area contributed by atoms with Crippen molar-refractivity contribution in [2.45, 2.75) is 6.92 Å². The van der Waals surface area contributed by atoms with Gasteiger partial charge in [0.15, 0.2) is 11.4 Å². The Bertz CT molecular complexity index is 566. The van der Waals surface area contributed by atoms with E-state index in [1.165, 1.54) is 11.3 Å². The molecular formula is C13H14N2O2S. The summed E-state index contributed by atoms with van der Waals surface area (Å²) in [6.45, 7) is 1.83. The molecule has 0 aliphatic heterocycles. The standard InChI is InChI=1S/C13H14N2O2S/c1-9-12(8-16)18-13(14-9)15(2)10-6-4-5-7-11(10)17-3/h4-8H,1-3H3. The topological polar surface area (TPSA) is 42.4 Å². The Morgan fingerprint density at radius 3 is 2.72 bits per heavy atom. The van der Waals surface area contributed by atoms with E-state index in [4.69, 9.17) is 4.74 Å². The number of aromatic nitrogens is 1. The molecule has 0 N–H and O–H groups in total. The number of carbonyl (C=O) groups excluding carboxylic acids is 1. The van der Waals surface area contributed by atoms with Gasteiger partial charge in [-0.05, 0) is 19.1 Å². The van der Waals surface area contributed by atoms with Crippen LogP contribution in [0.4, 0.5) is 10.8 Å². The number of benzene rings is 1. The molecule has 2 aromatic rings. The highest BCUT2D eigenvalue weighted by Gasteiger charge is 2.14. The zero-order chi connectivity index (χ0) is 13.1. The van der Waals surface area contributed by atoms with Crippen molar-refractivity contribution in [3.05, 3.63) is 34.8 Å². The molecule has 0 amide bonds. The number of hydrogen-bond acceptors (Lipinski definition) is 5. The number of carbonyl (C=O) groups is 1. The van der Waals surface area contributed by atoms with E-state index in [9.17, 15) is 4.79 Å². The summed E-state index contributed by atoms with van der Waals surface area (Å²) in [6.07, 6.45) is 0.840. The Balaban J connectivity index is 2.40. The highest BCUT2D eigenvalue weighted by Crippen LogP contribution is 2.34. The van der Waals surface area contributed by atoms with Crippen molar-refractivity contribution in [3.8, 4) is 5.75 Å². The van der Waals surface area contributed by atoms with Crippen molar-refractivity contribution in [2.24, 2.45) is 0 Å². The second kappa shape index (κ2) is 5.18. The van der Waals surface area contributed by atoms with E-state index < -0.39 is 0 Å². The number of hydrogen-bond donors (Lipinski definition) is 0. The third kappa shape index (κ3) is 2.22. The van der Waals surface area contributed by atoms with Crippen LogP contribution >= 0.6 is 11.3 Å². The average molecular weight is 262 g/mol. The minimum Gasteiger partial charge on any atom is -0.495 e. The number of rotatable bonds is 4. The minimum atomic E-state index is 0.659. The first-order chi connectivity index (χ1) is 8.67. The zero-order valence-electron chi connectivity index (χ0n) is 10.5. The Morgan fingerprint density at radius 2 is 2.11 bits per heavy atom. The molecular weight excluding hydrogens is 248 g/mol. The number of aldehydes is 1. The van der Waals surface area contributed by atoms with Gasteiger partial charge in [0.1, 0.15) is 5.75 Å². The SMILES string of the molecule is COc1ccccc1N(C)c1nc(C)c(C=O)s1. The van der Waals surface area contributed by atoms with Crippen LogP contribution in [0.2, 0.25) is 0 Å². The third-order valence-electron chi connectivity index (χ3n) is 2.66. The lowest BCUT2D eigenvalue weighted by molar-refractivity contribution is 0.112. The molecule has 1 aromatic heterocycles. The number of aryl methyl sites for hydroxylation is 1. The van der Waals surface area contributed by atoms with Gasteiger partial charge in [-0.2, -0.15) is 0 Å². The molecule has 0 saturated carbocycles. The minimum absolute atomic E-state index is 0.659. The number of methoxy groups -OCH3 is 1. The van der Waals surface area contributed by atoms with Gasteiger partial charge >= 0.3 is 0 Å². The molecule has 0 bridgehead atoms. The predicted octanol–water partition coefficient (Wildman–Crippen LogP) is 3.04. The second-order valence-electron chi connectivity index (χ2n) is 3.79. The first-order valence-corrected chi connectivity index (χ1v) is 6.28. The van der Waals surface area contributed by atoms with Gasteiger partial charge < -0.3 is 9.64 Å². The van der Waals surface area contributed by atoms with Gasteiger partial charge in [-0.3, -0.25) is 4.79 Å². The molecule has 1 heterocycles. The van der Waals surface area contributed by atoms with E-state index in [0.717, 1.165) is 28.5 Å². The summed E-state index contributed by atoms with van der Waals surface area (Å²) in [6, 6.07) is 7.71. The van der Waals surface area contributed by atoms with Gasteiger partial charge in [-0.25, -0.2) is 4.98 Å². The Labute approximate surface area is 110 Å². The summed E-state index contributed by atoms with van der Waals surface area (Å²) >= 11 is 1.37. The molecule has 0 unspecified atom stereocenters. The van der Waals surface area contributed by atoms with Crippen molar-refractivity contribution in [2.75, 3.05) is 19.1 Å². The molecule has 0 aliphatic carbocycles. The van der Waals surface area contributed by atoms with Crippen molar-refractivity contribution >= 4 is 28.4 Å². The van der Waals surface area contributed by atoms with Gasteiger partial charge in [0, 0.05) is 7.05 Å². The monoisotopic (exact) mass is 262 g/mol. The highest BCUT2D eigenvalue weighted by atomic mass is 32.1. The van der Waals surface area contributed by atoms with Crippen molar-refractivity contribution < 1.29 is 9.53 Å². The van der Waals surface area contributed by atoms with Crippen molar-refractivity contribution in [1.29, 1.82) is 0 Å². The first kappa shape index (κ1) is 12.6. The fraction of sp³-hybridized carbons (Fsp3) is 0.231. The van der Waals surface area contributed by atoms with Gasteiger partial charge in [0.25, 0.3) is 0 Å². The van der Waals surface area contributed by atoms with E-state index in [1.807, 2.05) is 43.1 Å². The lowest BCUT2D eigenvalue weighted by atomic mass is 10.3. The first-order valence-electron chi connectivity index (χ1n) is 5.46. The number of ether oxygens (including phenoxy) is 1. The maximum atomic E-state index is 10.9. The van der Waals surface area contributed by atoms with Gasteiger partial charge in [0.05, 0.1) is 23.4 Å². The molecule has 2 rings (SSSR count). The summed E-state index contributed by atoms with van der Waals surface area (Å²) in [5, 5.41) is 0.777. The molecule has 18 heavy (non-hydrogen) atoms. The van der Waals surface area contributed by atoms with E-state index in [2.05, 4.69) is 4.98 Å². The van der Waals surface area contributed by atoms with Crippen LogP contribution in [0.3, 0.4) is 0 Å². The molecule has 0 radical (unpaired) electrons. The Kier molecular flexibility index (Phi) is 3.62. The summed E-state index contributed by atoms with van der Waals surface area (Å²) in [5.74, 6) is 0.778. The predicted molar refractivity (Wildman–Crippen MR) is 73.3 cm³/mol. The molecule has 0 aliphatic rings. The van der Waals surface area contributed by atoms with Gasteiger partial charge in [-0.1, -0.05) is 23.5 Å². The quantitative estimate of drug-likeness (QED) is 0.794. The van der Waals surface area contributed by atoms with Crippen LogP contribution < -0.4 is 9.64 Å². The molecule has 5 heteroatoms. The van der Waals surface area contributed by atoms with Crippen LogP contribution in [0.25, 0.3) is 0 Å². The largest absolute Gasteiger partial charge is 0.495 e. The van der Waals surface area contributed by atoms with Crippen LogP contribution in [-0.2, 0) is 0 Å². The Hall–Kier alpha value is -1.88. The van der Waals surface area contributed by atoms with E-state index >= 15 is 0 Å². The Morgan fingerprint density at radius 1 is 1.39 bits per heavy atom.